The molecule has 0 saturated carbocycles. The summed E-state index contributed by atoms with van der Waals surface area (Å²) < 4.78 is 0. The highest BCUT2D eigenvalue weighted by molar-refractivity contribution is 5.92. The second-order valence-electron chi connectivity index (χ2n) is 7.24. The van der Waals surface area contributed by atoms with E-state index in [0.29, 0.717) is 0 Å². The molecule has 3 aromatic rings. The molecular weight excluding hydrogens is 304 g/mol. The molecule has 0 saturated heterocycles. The van der Waals surface area contributed by atoms with E-state index in [9.17, 15) is 4.79 Å². The second-order valence-corrected chi connectivity index (χ2v) is 7.24. The van der Waals surface area contributed by atoms with Crippen LogP contribution in [-0.2, 0) is 0 Å². The summed E-state index contributed by atoms with van der Waals surface area (Å²) in [6.07, 6.45) is 5.65. The molecule has 0 aliphatic heterocycles. The number of allylic oxidation sites excluding steroid dienone is 2. The van der Waals surface area contributed by atoms with Crippen molar-refractivity contribution in [3.8, 4) is 11.1 Å². The average molecular weight is 326 g/mol. The Balaban J connectivity index is 1.78. The molecule has 0 fully saturated rings. The predicted molar refractivity (Wildman–Crippen MR) is 106 cm³/mol. The summed E-state index contributed by atoms with van der Waals surface area (Å²) in [5.41, 5.74) is 7.36. The lowest BCUT2D eigenvalue weighted by Crippen LogP contribution is -1.90. The topological polar surface area (TPSA) is 17.1 Å². The third-order valence-corrected chi connectivity index (χ3v) is 5.25. The minimum absolute atomic E-state index is 0.723. The third kappa shape index (κ3) is 3.02. The Hall–Kier alpha value is -2.67. The molecule has 1 heteroatoms. The molecule has 0 spiro atoms. The van der Waals surface area contributed by atoms with Gasteiger partial charge < -0.3 is 0 Å². The van der Waals surface area contributed by atoms with Crippen LogP contribution >= 0.6 is 0 Å². The van der Waals surface area contributed by atoms with Crippen molar-refractivity contribution in [3.63, 3.8) is 0 Å². The number of hydrogen-bond acceptors (Lipinski definition) is 1. The molecule has 0 N–H and O–H groups in total. The molecule has 1 unspecified atom stereocenters. The summed E-state index contributed by atoms with van der Waals surface area (Å²) in [4.78, 5) is 11.0. The molecule has 4 rings (SSSR count). The van der Waals surface area contributed by atoms with Crippen molar-refractivity contribution < 1.29 is 4.79 Å². The molecule has 0 aromatic heterocycles. The van der Waals surface area contributed by atoms with Crippen LogP contribution in [0.4, 0.5) is 0 Å². The van der Waals surface area contributed by atoms with Crippen LogP contribution in [0.3, 0.4) is 0 Å². The standard InChI is InChI=1S/C24H22O/c1-16-3-6-19(11-16)22-7-4-17(2)24(14-22)23-10-9-20-12-18(15-25)5-8-21(20)13-23/h4-10,12-16H,3,11H2,1-2H3. The van der Waals surface area contributed by atoms with Crippen LogP contribution in [0.5, 0.6) is 0 Å². The van der Waals surface area contributed by atoms with Gasteiger partial charge in [-0.2, -0.15) is 0 Å². The number of aldehydes is 1. The highest BCUT2D eigenvalue weighted by Crippen LogP contribution is 2.35. The van der Waals surface area contributed by atoms with Gasteiger partial charge in [0.2, 0.25) is 0 Å². The highest BCUT2D eigenvalue weighted by atomic mass is 16.1. The summed E-state index contributed by atoms with van der Waals surface area (Å²) in [6, 6.07) is 19.2. The Morgan fingerprint density at radius 1 is 0.920 bits per heavy atom. The van der Waals surface area contributed by atoms with Gasteiger partial charge in [-0.25, -0.2) is 0 Å². The summed E-state index contributed by atoms with van der Waals surface area (Å²) >= 11 is 0. The minimum Gasteiger partial charge on any atom is -0.298 e. The number of rotatable bonds is 3. The van der Waals surface area contributed by atoms with E-state index >= 15 is 0 Å². The largest absolute Gasteiger partial charge is 0.298 e. The fraction of sp³-hybridized carbons (Fsp3) is 0.208. The Bertz CT molecular complexity index is 994. The Morgan fingerprint density at radius 2 is 1.68 bits per heavy atom. The fourth-order valence-corrected chi connectivity index (χ4v) is 3.76. The molecule has 1 atom stereocenters. The maximum absolute atomic E-state index is 11.0. The molecular formula is C24H22O. The summed E-state index contributed by atoms with van der Waals surface area (Å²) in [5.74, 6) is 0.757. The average Bonchev–Trinajstić information content (AvgIpc) is 3.07. The van der Waals surface area contributed by atoms with Gasteiger partial charge in [0.1, 0.15) is 6.29 Å². The maximum atomic E-state index is 11.0. The first-order valence-electron chi connectivity index (χ1n) is 8.93. The zero-order valence-electron chi connectivity index (χ0n) is 14.8. The Morgan fingerprint density at radius 3 is 2.44 bits per heavy atom. The summed E-state index contributed by atoms with van der Waals surface area (Å²) in [5, 5.41) is 2.27. The van der Waals surface area contributed by atoms with Crippen molar-refractivity contribution in [3.05, 3.63) is 77.4 Å². The zero-order chi connectivity index (χ0) is 17.4. The van der Waals surface area contributed by atoms with E-state index in [-0.39, 0.29) is 0 Å². The van der Waals surface area contributed by atoms with E-state index in [2.05, 4.69) is 56.3 Å². The van der Waals surface area contributed by atoms with Crippen molar-refractivity contribution in [1.82, 2.24) is 0 Å². The fourth-order valence-electron chi connectivity index (χ4n) is 3.76. The van der Waals surface area contributed by atoms with Gasteiger partial charge in [0.05, 0.1) is 0 Å². The summed E-state index contributed by atoms with van der Waals surface area (Å²) in [7, 11) is 0. The lowest BCUT2D eigenvalue weighted by atomic mass is 9.93. The quantitative estimate of drug-likeness (QED) is 0.506. The first-order valence-corrected chi connectivity index (χ1v) is 8.93. The van der Waals surface area contributed by atoms with Crippen LogP contribution in [0, 0.1) is 12.8 Å². The van der Waals surface area contributed by atoms with Crippen LogP contribution in [0.2, 0.25) is 0 Å². The molecule has 0 bridgehead atoms. The number of carbonyl (C=O) groups excluding carboxylic acids is 1. The molecule has 1 aliphatic carbocycles. The normalized spacial score (nSPS) is 16.9. The molecule has 0 radical (unpaired) electrons. The van der Waals surface area contributed by atoms with E-state index in [4.69, 9.17) is 0 Å². The second kappa shape index (κ2) is 6.33. The molecule has 124 valence electrons. The predicted octanol–water partition coefficient (Wildman–Crippen LogP) is 6.44. The van der Waals surface area contributed by atoms with Crippen LogP contribution in [0.25, 0.3) is 27.5 Å². The Labute approximate surface area is 149 Å². The van der Waals surface area contributed by atoms with Gasteiger partial charge in [0, 0.05) is 5.56 Å². The monoisotopic (exact) mass is 326 g/mol. The highest BCUT2D eigenvalue weighted by Gasteiger charge is 2.15. The first kappa shape index (κ1) is 15.8. The van der Waals surface area contributed by atoms with Crippen LogP contribution in [0.15, 0.2) is 60.7 Å². The lowest BCUT2D eigenvalue weighted by molar-refractivity contribution is 0.112. The Kier molecular flexibility index (Phi) is 4.01. The minimum atomic E-state index is 0.723. The number of aryl methyl sites for hydroxylation is 1. The molecule has 0 amide bonds. The molecule has 3 aromatic carbocycles. The van der Waals surface area contributed by atoms with Crippen molar-refractivity contribution in [2.75, 3.05) is 0 Å². The number of benzene rings is 3. The smallest absolute Gasteiger partial charge is 0.150 e. The van der Waals surface area contributed by atoms with Gasteiger partial charge in [0.25, 0.3) is 0 Å². The summed E-state index contributed by atoms with van der Waals surface area (Å²) in [6.45, 7) is 4.49. The van der Waals surface area contributed by atoms with E-state index in [1.807, 2.05) is 18.2 Å². The number of fused-ring (bicyclic) bond motifs is 1. The van der Waals surface area contributed by atoms with Gasteiger partial charge in [0.15, 0.2) is 0 Å². The molecule has 1 nitrogen and oxygen atoms in total. The van der Waals surface area contributed by atoms with Crippen LogP contribution in [0.1, 0.15) is 41.3 Å². The van der Waals surface area contributed by atoms with Crippen molar-refractivity contribution >= 4 is 22.6 Å². The van der Waals surface area contributed by atoms with E-state index < -0.39 is 0 Å². The first-order chi connectivity index (χ1) is 12.1. The van der Waals surface area contributed by atoms with Gasteiger partial charge in [-0.05, 0) is 82.5 Å². The number of hydrogen-bond donors (Lipinski definition) is 0. The molecule has 25 heavy (non-hydrogen) atoms. The van der Waals surface area contributed by atoms with Crippen LogP contribution < -0.4 is 0 Å². The van der Waals surface area contributed by atoms with Gasteiger partial charge in [-0.1, -0.05) is 49.4 Å². The van der Waals surface area contributed by atoms with Gasteiger partial charge in [-0.3, -0.25) is 4.79 Å². The van der Waals surface area contributed by atoms with Crippen molar-refractivity contribution in [2.45, 2.75) is 26.7 Å². The van der Waals surface area contributed by atoms with Crippen LogP contribution in [-0.4, -0.2) is 6.29 Å². The SMILES string of the molecule is Cc1ccc(C2=CCC(C)C2)cc1-c1ccc2cc(C=O)ccc2c1. The van der Waals surface area contributed by atoms with Crippen molar-refractivity contribution in [1.29, 1.82) is 0 Å². The molecule has 1 aliphatic rings. The number of carbonyl (C=O) groups is 1. The van der Waals surface area contributed by atoms with E-state index in [1.54, 1.807) is 0 Å². The zero-order valence-corrected chi connectivity index (χ0v) is 14.8. The molecule has 0 heterocycles. The van der Waals surface area contributed by atoms with Gasteiger partial charge >= 0.3 is 0 Å². The van der Waals surface area contributed by atoms with Crippen molar-refractivity contribution in [2.24, 2.45) is 5.92 Å². The van der Waals surface area contributed by atoms with E-state index in [1.165, 1.54) is 46.1 Å². The van der Waals surface area contributed by atoms with E-state index in [0.717, 1.165) is 23.2 Å². The van der Waals surface area contributed by atoms with Gasteiger partial charge in [-0.15, -0.1) is 0 Å². The lowest BCUT2D eigenvalue weighted by Gasteiger charge is -2.12. The maximum Gasteiger partial charge on any atom is 0.150 e. The third-order valence-electron chi connectivity index (χ3n) is 5.25.